The van der Waals surface area contributed by atoms with E-state index in [0.29, 0.717) is 6.07 Å². The predicted molar refractivity (Wildman–Crippen MR) is 119 cm³/mol. The highest BCUT2D eigenvalue weighted by Gasteiger charge is 2.52. The highest BCUT2D eigenvalue weighted by atomic mass is 35.5. The highest BCUT2D eigenvalue weighted by Crippen LogP contribution is 2.36. The number of nitrogen functional groups attached to an aromatic ring is 1. The number of aromatic nitrogens is 4. The summed E-state index contributed by atoms with van der Waals surface area (Å²) >= 11 is 5.79. The topological polar surface area (TPSA) is 183 Å². The molecule has 0 radical (unpaired) electrons. The second-order valence-corrected chi connectivity index (χ2v) is 8.66. The van der Waals surface area contributed by atoms with Gasteiger partial charge in [0.2, 0.25) is 5.28 Å². The molecule has 204 valence electrons. The molecule has 12 nitrogen and oxygen atoms in total. The molecule has 0 amide bonds. The van der Waals surface area contributed by atoms with Gasteiger partial charge < -0.3 is 30.5 Å². The summed E-state index contributed by atoms with van der Waals surface area (Å²) in [7, 11) is 0. The number of alkyl halides is 4. The van der Waals surface area contributed by atoms with Crippen molar-refractivity contribution in [1.29, 1.82) is 0 Å². The van der Waals surface area contributed by atoms with Crippen LogP contribution in [0.3, 0.4) is 0 Å². The molecular weight excluding hydrogens is 546 g/mol. The van der Waals surface area contributed by atoms with Crippen molar-refractivity contribution in [3.63, 3.8) is 0 Å². The Morgan fingerprint density at radius 1 is 1.21 bits per heavy atom. The number of hydrogen-bond donors (Lipinski definition) is 4. The average Bonchev–Trinajstić information content (AvgIpc) is 3.37. The number of aliphatic hydroxyl groups excluding tert-OH is 1. The SMILES string of the molecule is Nc1nc(Cl)nc2c1ncn2[C@@H]1O[C@H](COC(Cc2cccc(C(F)(F)F)c2)(C(=O)O)C(=O)O)[C@@H](O)[C@@H]1F. The fourth-order valence-corrected chi connectivity index (χ4v) is 4.12. The van der Waals surface area contributed by atoms with Crippen molar-refractivity contribution in [3.8, 4) is 0 Å². The summed E-state index contributed by atoms with van der Waals surface area (Å²) in [5.74, 6) is -4.19. The number of carboxylic acids is 2. The predicted octanol–water partition coefficient (Wildman–Crippen LogP) is 1.84. The Kier molecular flexibility index (Phi) is 7.17. The van der Waals surface area contributed by atoms with E-state index in [1.807, 2.05) is 0 Å². The first-order chi connectivity index (χ1) is 17.7. The van der Waals surface area contributed by atoms with Crippen LogP contribution in [0, 0.1) is 0 Å². The van der Waals surface area contributed by atoms with E-state index in [-0.39, 0.29) is 27.8 Å². The lowest BCUT2D eigenvalue weighted by Gasteiger charge is -2.27. The number of benzene rings is 1. The molecule has 1 fully saturated rings. The number of carbonyl (C=O) groups is 2. The highest BCUT2D eigenvalue weighted by molar-refractivity contribution is 6.28. The number of halogens is 5. The third kappa shape index (κ3) is 4.94. The summed E-state index contributed by atoms with van der Waals surface area (Å²) in [6.45, 7) is -0.958. The van der Waals surface area contributed by atoms with Gasteiger partial charge in [-0.3, -0.25) is 4.57 Å². The van der Waals surface area contributed by atoms with Gasteiger partial charge in [-0.15, -0.1) is 0 Å². The summed E-state index contributed by atoms with van der Waals surface area (Å²) in [6, 6.07) is 3.38. The number of carboxylic acid groups (broad SMARTS) is 2. The molecule has 1 saturated heterocycles. The van der Waals surface area contributed by atoms with Crippen molar-refractivity contribution in [2.45, 2.75) is 42.8 Å². The maximum atomic E-state index is 15.0. The van der Waals surface area contributed by atoms with Crippen molar-refractivity contribution in [2.75, 3.05) is 12.3 Å². The molecule has 0 saturated carbocycles. The van der Waals surface area contributed by atoms with E-state index in [1.54, 1.807) is 0 Å². The zero-order chi connectivity index (χ0) is 28.0. The average molecular weight is 564 g/mol. The van der Waals surface area contributed by atoms with E-state index in [4.69, 9.17) is 26.8 Å². The molecule has 1 aliphatic rings. The van der Waals surface area contributed by atoms with E-state index in [9.17, 15) is 38.1 Å². The van der Waals surface area contributed by atoms with Gasteiger partial charge in [-0.05, 0) is 23.2 Å². The number of aliphatic hydroxyl groups is 1. The van der Waals surface area contributed by atoms with Gasteiger partial charge in [0, 0.05) is 6.42 Å². The molecule has 5 N–H and O–H groups in total. The molecule has 1 aromatic carbocycles. The second kappa shape index (κ2) is 9.94. The second-order valence-electron chi connectivity index (χ2n) is 8.33. The molecule has 0 bridgehead atoms. The minimum Gasteiger partial charge on any atom is -0.479 e. The van der Waals surface area contributed by atoms with Crippen molar-refractivity contribution in [2.24, 2.45) is 0 Å². The monoisotopic (exact) mass is 563 g/mol. The standard InChI is InChI=1S/C21H18ClF4N5O7/c22-19-29-14(27)12-15(30-19)31(7-28-12)16-11(23)13(32)10(38-16)6-37-20(17(33)34,18(35)36)5-8-2-1-3-9(4-8)21(24,25)26/h1-4,7,10-11,13,16,32H,5-6H2,(H,33,34)(H,35,36)(H2,27,29,30)/t10-,11+,13-,16-/m1/s1. The first kappa shape index (κ1) is 27.4. The van der Waals surface area contributed by atoms with Crippen LogP contribution >= 0.6 is 11.6 Å². The van der Waals surface area contributed by atoms with Gasteiger partial charge in [-0.2, -0.15) is 23.1 Å². The van der Waals surface area contributed by atoms with Gasteiger partial charge in [0.05, 0.1) is 18.5 Å². The third-order valence-corrected chi connectivity index (χ3v) is 6.05. The van der Waals surface area contributed by atoms with Crippen molar-refractivity contribution in [1.82, 2.24) is 19.5 Å². The number of rotatable bonds is 8. The summed E-state index contributed by atoms with van der Waals surface area (Å²) in [6.07, 6.45) is -12.0. The smallest absolute Gasteiger partial charge is 0.416 e. The first-order valence-electron chi connectivity index (χ1n) is 10.6. The minimum absolute atomic E-state index is 0.0427. The van der Waals surface area contributed by atoms with Crippen molar-refractivity contribution >= 4 is 40.5 Å². The van der Waals surface area contributed by atoms with Crippen LogP contribution in [0.2, 0.25) is 5.28 Å². The number of aliphatic carboxylic acids is 2. The van der Waals surface area contributed by atoms with E-state index in [2.05, 4.69) is 15.0 Å². The molecule has 0 aliphatic carbocycles. The van der Waals surface area contributed by atoms with E-state index < -0.39 is 66.9 Å². The minimum atomic E-state index is -4.77. The van der Waals surface area contributed by atoms with Crippen LogP contribution in [0.4, 0.5) is 23.4 Å². The molecular formula is C21H18ClF4N5O7. The van der Waals surface area contributed by atoms with Gasteiger partial charge in [-0.1, -0.05) is 18.2 Å². The summed E-state index contributed by atoms with van der Waals surface area (Å²) in [4.78, 5) is 35.6. The number of hydrogen-bond acceptors (Lipinski definition) is 9. The number of nitrogens with two attached hydrogens (primary N) is 1. The van der Waals surface area contributed by atoms with Crippen LogP contribution in [0.15, 0.2) is 30.6 Å². The van der Waals surface area contributed by atoms with Gasteiger partial charge in [0.1, 0.15) is 17.7 Å². The zero-order valence-electron chi connectivity index (χ0n) is 18.8. The quantitative estimate of drug-likeness (QED) is 0.178. The number of anilines is 1. The lowest BCUT2D eigenvalue weighted by molar-refractivity contribution is -0.190. The number of ether oxygens (including phenoxy) is 2. The molecule has 38 heavy (non-hydrogen) atoms. The summed E-state index contributed by atoms with van der Waals surface area (Å²) in [5, 5.41) is 29.5. The Morgan fingerprint density at radius 2 is 1.89 bits per heavy atom. The van der Waals surface area contributed by atoms with Gasteiger partial charge in [-0.25, -0.2) is 19.0 Å². The number of fused-ring (bicyclic) bond motifs is 1. The summed E-state index contributed by atoms with van der Waals surface area (Å²) in [5.41, 5.74) is 1.20. The zero-order valence-corrected chi connectivity index (χ0v) is 19.6. The first-order valence-corrected chi connectivity index (χ1v) is 11.0. The van der Waals surface area contributed by atoms with Crippen LogP contribution in [-0.2, 0) is 31.7 Å². The van der Waals surface area contributed by atoms with Gasteiger partial charge >= 0.3 is 18.1 Å². The lowest BCUT2D eigenvalue weighted by Crippen LogP contribution is -2.52. The van der Waals surface area contributed by atoms with Crippen molar-refractivity contribution in [3.05, 3.63) is 47.0 Å². The molecule has 17 heteroatoms. The fraction of sp³-hybridized carbons (Fsp3) is 0.381. The molecule has 4 atom stereocenters. The van der Waals surface area contributed by atoms with Crippen LogP contribution in [0.5, 0.6) is 0 Å². The Bertz CT molecular complexity index is 1370. The fourth-order valence-electron chi connectivity index (χ4n) is 3.95. The maximum Gasteiger partial charge on any atom is 0.416 e. The maximum absolute atomic E-state index is 15.0. The van der Waals surface area contributed by atoms with Crippen LogP contribution in [0.1, 0.15) is 17.4 Å². The van der Waals surface area contributed by atoms with Crippen LogP contribution < -0.4 is 5.73 Å². The third-order valence-electron chi connectivity index (χ3n) is 5.88. The molecule has 3 aromatic rings. The summed E-state index contributed by atoms with van der Waals surface area (Å²) < 4.78 is 65.9. The molecule has 1 aliphatic heterocycles. The van der Waals surface area contributed by atoms with Gasteiger partial charge in [0.15, 0.2) is 23.9 Å². The Balaban J connectivity index is 1.58. The van der Waals surface area contributed by atoms with Gasteiger partial charge in [0.25, 0.3) is 5.60 Å². The Labute approximate surface area is 214 Å². The number of imidazole rings is 1. The largest absolute Gasteiger partial charge is 0.479 e. The molecule has 0 unspecified atom stereocenters. The molecule has 0 spiro atoms. The van der Waals surface area contributed by atoms with Crippen LogP contribution in [-0.4, -0.2) is 77.4 Å². The lowest BCUT2D eigenvalue weighted by atomic mass is 9.93. The Hall–Kier alpha value is -3.60. The normalized spacial score (nSPS) is 22.2. The van der Waals surface area contributed by atoms with Crippen molar-refractivity contribution < 1.29 is 51.9 Å². The number of nitrogens with zero attached hydrogens (tertiary/aromatic N) is 4. The van der Waals surface area contributed by atoms with E-state index >= 15 is 4.39 Å². The van der Waals surface area contributed by atoms with E-state index in [0.717, 1.165) is 29.1 Å². The molecule has 4 rings (SSSR count). The molecule has 3 heterocycles. The molecule has 2 aromatic heterocycles. The van der Waals surface area contributed by atoms with Crippen LogP contribution in [0.25, 0.3) is 11.2 Å². The van der Waals surface area contributed by atoms with E-state index in [1.165, 1.54) is 0 Å². The Morgan fingerprint density at radius 3 is 2.53 bits per heavy atom.